The summed E-state index contributed by atoms with van der Waals surface area (Å²) in [4.78, 5) is 0. The maximum atomic E-state index is 10.2. The second-order valence-electron chi connectivity index (χ2n) is 5.56. The quantitative estimate of drug-likeness (QED) is 0.761. The normalized spacial score (nSPS) is 15.2. The molecule has 0 amide bonds. The second kappa shape index (κ2) is 6.17. The standard InChI is InChI=1S/C13H25N3O/c1-11(2)5-6-13(3,17)10-14-7-12-8-15-16(4)9-12/h8-9,11,14,17H,5-7,10H2,1-4H3. The highest BCUT2D eigenvalue weighted by Crippen LogP contribution is 2.15. The minimum atomic E-state index is -0.619. The number of aryl methyl sites for hydroxylation is 1. The molecule has 1 heterocycles. The van der Waals surface area contributed by atoms with Crippen molar-refractivity contribution in [1.29, 1.82) is 0 Å². The van der Waals surface area contributed by atoms with Crippen LogP contribution in [0.5, 0.6) is 0 Å². The highest BCUT2D eigenvalue weighted by atomic mass is 16.3. The number of hydrogen-bond donors (Lipinski definition) is 2. The monoisotopic (exact) mass is 239 g/mol. The molecule has 17 heavy (non-hydrogen) atoms. The van der Waals surface area contributed by atoms with E-state index in [4.69, 9.17) is 0 Å². The van der Waals surface area contributed by atoms with Crippen LogP contribution in [0.3, 0.4) is 0 Å². The summed E-state index contributed by atoms with van der Waals surface area (Å²) in [6.45, 7) is 7.63. The molecule has 4 nitrogen and oxygen atoms in total. The van der Waals surface area contributed by atoms with Gasteiger partial charge in [0.2, 0.25) is 0 Å². The van der Waals surface area contributed by atoms with E-state index < -0.39 is 5.60 Å². The average Bonchev–Trinajstić information content (AvgIpc) is 2.61. The van der Waals surface area contributed by atoms with E-state index in [0.717, 1.165) is 24.9 Å². The molecule has 0 aromatic carbocycles. The highest BCUT2D eigenvalue weighted by Gasteiger charge is 2.19. The Bertz CT molecular complexity index is 331. The molecular formula is C13H25N3O. The van der Waals surface area contributed by atoms with Gasteiger partial charge in [0, 0.05) is 31.9 Å². The molecule has 1 unspecified atom stereocenters. The highest BCUT2D eigenvalue weighted by molar-refractivity contribution is 5.02. The first-order valence-electron chi connectivity index (χ1n) is 6.30. The van der Waals surface area contributed by atoms with Crippen LogP contribution in [0.4, 0.5) is 0 Å². The van der Waals surface area contributed by atoms with Gasteiger partial charge in [-0.15, -0.1) is 0 Å². The predicted molar refractivity (Wildman–Crippen MR) is 69.6 cm³/mol. The van der Waals surface area contributed by atoms with Gasteiger partial charge in [-0.3, -0.25) is 4.68 Å². The number of aliphatic hydroxyl groups is 1. The van der Waals surface area contributed by atoms with E-state index in [2.05, 4.69) is 24.3 Å². The van der Waals surface area contributed by atoms with Crippen molar-refractivity contribution in [3.05, 3.63) is 18.0 Å². The Morgan fingerprint density at radius 2 is 2.24 bits per heavy atom. The molecule has 0 aliphatic rings. The molecule has 1 rings (SSSR count). The Kier molecular flexibility index (Phi) is 5.15. The Labute approximate surface area is 104 Å². The van der Waals surface area contributed by atoms with Gasteiger partial charge in [-0.1, -0.05) is 13.8 Å². The van der Waals surface area contributed by atoms with Crippen molar-refractivity contribution >= 4 is 0 Å². The lowest BCUT2D eigenvalue weighted by Crippen LogP contribution is -2.37. The zero-order valence-corrected chi connectivity index (χ0v) is 11.4. The summed E-state index contributed by atoms with van der Waals surface area (Å²) in [7, 11) is 1.91. The van der Waals surface area contributed by atoms with Crippen molar-refractivity contribution in [1.82, 2.24) is 15.1 Å². The Morgan fingerprint density at radius 1 is 1.53 bits per heavy atom. The van der Waals surface area contributed by atoms with Crippen LogP contribution < -0.4 is 5.32 Å². The molecule has 0 aliphatic heterocycles. The van der Waals surface area contributed by atoms with Crippen LogP contribution in [0, 0.1) is 5.92 Å². The van der Waals surface area contributed by atoms with E-state index in [-0.39, 0.29) is 0 Å². The van der Waals surface area contributed by atoms with Crippen molar-refractivity contribution in [2.45, 2.75) is 45.8 Å². The molecule has 0 spiro atoms. The summed E-state index contributed by atoms with van der Waals surface area (Å²) in [5.74, 6) is 0.639. The van der Waals surface area contributed by atoms with Gasteiger partial charge in [0.15, 0.2) is 0 Å². The topological polar surface area (TPSA) is 50.1 Å². The first-order valence-corrected chi connectivity index (χ1v) is 6.30. The molecule has 0 saturated carbocycles. The number of nitrogens with one attached hydrogen (secondary N) is 1. The lowest BCUT2D eigenvalue weighted by Gasteiger charge is -2.24. The van der Waals surface area contributed by atoms with Gasteiger partial charge in [-0.2, -0.15) is 5.10 Å². The van der Waals surface area contributed by atoms with Crippen LogP contribution in [0.1, 0.15) is 39.2 Å². The Balaban J connectivity index is 2.25. The number of aromatic nitrogens is 2. The molecule has 4 heteroatoms. The van der Waals surface area contributed by atoms with E-state index in [9.17, 15) is 5.11 Å². The van der Waals surface area contributed by atoms with Crippen LogP contribution in [-0.4, -0.2) is 27.0 Å². The summed E-state index contributed by atoms with van der Waals surface area (Å²) in [6.07, 6.45) is 5.72. The van der Waals surface area contributed by atoms with Crippen LogP contribution in [-0.2, 0) is 13.6 Å². The van der Waals surface area contributed by atoms with Crippen LogP contribution in [0.25, 0.3) is 0 Å². The molecule has 2 N–H and O–H groups in total. The molecule has 1 atom stereocenters. The minimum Gasteiger partial charge on any atom is -0.389 e. The molecule has 0 aliphatic carbocycles. The van der Waals surface area contributed by atoms with E-state index in [1.54, 1.807) is 4.68 Å². The third-order valence-corrected chi connectivity index (χ3v) is 2.85. The molecule has 0 bridgehead atoms. The molecule has 1 aromatic rings. The molecular weight excluding hydrogens is 214 g/mol. The molecule has 0 radical (unpaired) electrons. The summed E-state index contributed by atoms with van der Waals surface area (Å²) in [5.41, 5.74) is 0.527. The third kappa shape index (κ3) is 5.84. The second-order valence-corrected chi connectivity index (χ2v) is 5.56. The number of hydrogen-bond acceptors (Lipinski definition) is 3. The summed E-state index contributed by atoms with van der Waals surface area (Å²) >= 11 is 0. The fraction of sp³-hybridized carbons (Fsp3) is 0.769. The first kappa shape index (κ1) is 14.2. The lowest BCUT2D eigenvalue weighted by molar-refractivity contribution is 0.0451. The van der Waals surface area contributed by atoms with E-state index in [1.807, 2.05) is 26.4 Å². The molecule has 0 fully saturated rings. The van der Waals surface area contributed by atoms with Gasteiger partial charge in [-0.25, -0.2) is 0 Å². The maximum Gasteiger partial charge on any atom is 0.0743 e. The van der Waals surface area contributed by atoms with Crippen LogP contribution in [0.15, 0.2) is 12.4 Å². The third-order valence-electron chi connectivity index (χ3n) is 2.85. The zero-order chi connectivity index (χ0) is 12.9. The number of rotatable bonds is 7. The largest absolute Gasteiger partial charge is 0.389 e. The van der Waals surface area contributed by atoms with Crippen molar-refractivity contribution in [3.8, 4) is 0 Å². The summed E-state index contributed by atoms with van der Waals surface area (Å²) in [5, 5.41) is 17.5. The minimum absolute atomic E-state index is 0.619. The van der Waals surface area contributed by atoms with Crippen molar-refractivity contribution in [3.63, 3.8) is 0 Å². The van der Waals surface area contributed by atoms with Gasteiger partial charge >= 0.3 is 0 Å². The smallest absolute Gasteiger partial charge is 0.0743 e. The first-order chi connectivity index (χ1) is 7.89. The molecule has 1 aromatic heterocycles. The Morgan fingerprint density at radius 3 is 2.76 bits per heavy atom. The lowest BCUT2D eigenvalue weighted by atomic mass is 9.95. The van der Waals surface area contributed by atoms with Crippen LogP contribution >= 0.6 is 0 Å². The van der Waals surface area contributed by atoms with E-state index in [1.165, 1.54) is 0 Å². The van der Waals surface area contributed by atoms with Crippen LogP contribution in [0.2, 0.25) is 0 Å². The average molecular weight is 239 g/mol. The van der Waals surface area contributed by atoms with Gasteiger partial charge in [-0.05, 0) is 25.7 Å². The molecule has 98 valence electrons. The fourth-order valence-corrected chi connectivity index (χ4v) is 1.73. The summed E-state index contributed by atoms with van der Waals surface area (Å²) < 4.78 is 1.79. The van der Waals surface area contributed by atoms with E-state index in [0.29, 0.717) is 12.5 Å². The predicted octanol–water partition coefficient (Wildman–Crippen LogP) is 1.70. The van der Waals surface area contributed by atoms with Crippen molar-refractivity contribution in [2.24, 2.45) is 13.0 Å². The maximum absolute atomic E-state index is 10.2. The Hall–Kier alpha value is -0.870. The number of nitrogens with zero attached hydrogens (tertiary/aromatic N) is 2. The fourth-order valence-electron chi connectivity index (χ4n) is 1.73. The summed E-state index contributed by atoms with van der Waals surface area (Å²) in [6, 6.07) is 0. The zero-order valence-electron chi connectivity index (χ0n) is 11.4. The van der Waals surface area contributed by atoms with Gasteiger partial charge in [0.05, 0.1) is 11.8 Å². The van der Waals surface area contributed by atoms with Gasteiger partial charge < -0.3 is 10.4 Å². The van der Waals surface area contributed by atoms with Crippen molar-refractivity contribution in [2.75, 3.05) is 6.54 Å². The van der Waals surface area contributed by atoms with Crippen molar-refractivity contribution < 1.29 is 5.11 Å². The molecule has 0 saturated heterocycles. The van der Waals surface area contributed by atoms with E-state index >= 15 is 0 Å². The van der Waals surface area contributed by atoms with Gasteiger partial charge in [0.1, 0.15) is 0 Å². The van der Waals surface area contributed by atoms with Gasteiger partial charge in [0.25, 0.3) is 0 Å². The SMILES string of the molecule is CC(C)CCC(C)(O)CNCc1cnn(C)c1.